The van der Waals surface area contributed by atoms with Crippen molar-refractivity contribution in [3.63, 3.8) is 0 Å². The smallest absolute Gasteiger partial charge is 0.0532 e. The van der Waals surface area contributed by atoms with Crippen LogP contribution in [0.3, 0.4) is 0 Å². The lowest BCUT2D eigenvalue weighted by Crippen LogP contribution is -2.09. The summed E-state index contributed by atoms with van der Waals surface area (Å²) in [6.07, 6.45) is 0. The maximum atomic E-state index is 5.87. The number of rotatable bonds is 6. The Morgan fingerprint density at radius 1 is 0.684 bits per heavy atom. The van der Waals surface area contributed by atoms with Crippen LogP contribution in [0.4, 0.5) is 0 Å². The Morgan fingerprint density at radius 3 is 1.42 bits per heavy atom. The van der Waals surface area contributed by atoms with Crippen LogP contribution in [0.5, 0.6) is 0 Å². The standard InChI is InChI=1S/C18H22O/c1-15(17-9-5-3-6-10-17)13-19-14-16(2)18-11-7-4-8-12-18/h3-12,15-16H,13-14H2,1-2H3. The molecule has 19 heavy (non-hydrogen) atoms. The lowest BCUT2D eigenvalue weighted by molar-refractivity contribution is 0.113. The minimum Gasteiger partial charge on any atom is -0.380 e. The van der Waals surface area contributed by atoms with Crippen LogP contribution in [-0.4, -0.2) is 13.2 Å². The fourth-order valence-electron chi connectivity index (χ4n) is 2.18. The second-order valence-electron chi connectivity index (χ2n) is 5.16. The summed E-state index contributed by atoms with van der Waals surface area (Å²) in [5.41, 5.74) is 2.68. The van der Waals surface area contributed by atoms with Gasteiger partial charge in [-0.15, -0.1) is 0 Å². The molecule has 100 valence electrons. The quantitative estimate of drug-likeness (QED) is 0.731. The van der Waals surface area contributed by atoms with Gasteiger partial charge < -0.3 is 4.74 Å². The summed E-state index contributed by atoms with van der Waals surface area (Å²) < 4.78 is 5.87. The van der Waals surface area contributed by atoms with Gasteiger partial charge in [0.25, 0.3) is 0 Å². The maximum Gasteiger partial charge on any atom is 0.0532 e. The minimum atomic E-state index is 0.448. The van der Waals surface area contributed by atoms with Crippen LogP contribution < -0.4 is 0 Å². The lowest BCUT2D eigenvalue weighted by atomic mass is 10.0. The van der Waals surface area contributed by atoms with E-state index >= 15 is 0 Å². The van der Waals surface area contributed by atoms with Gasteiger partial charge in [-0.1, -0.05) is 74.5 Å². The Bertz CT molecular complexity index is 418. The first kappa shape index (κ1) is 13.8. The molecule has 0 saturated heterocycles. The SMILES string of the molecule is CC(COCC(C)c1ccccc1)c1ccccc1. The van der Waals surface area contributed by atoms with Gasteiger partial charge in [-0.3, -0.25) is 0 Å². The van der Waals surface area contributed by atoms with E-state index in [4.69, 9.17) is 4.74 Å². The molecule has 0 aliphatic rings. The van der Waals surface area contributed by atoms with E-state index in [1.54, 1.807) is 0 Å². The zero-order valence-corrected chi connectivity index (χ0v) is 11.8. The van der Waals surface area contributed by atoms with E-state index in [9.17, 15) is 0 Å². The predicted octanol–water partition coefficient (Wildman–Crippen LogP) is 4.61. The summed E-state index contributed by atoms with van der Waals surface area (Å²) >= 11 is 0. The van der Waals surface area contributed by atoms with Crippen molar-refractivity contribution in [1.29, 1.82) is 0 Å². The Labute approximate surface area is 116 Å². The highest BCUT2D eigenvalue weighted by Gasteiger charge is 2.08. The van der Waals surface area contributed by atoms with Crippen LogP contribution in [0.15, 0.2) is 60.7 Å². The van der Waals surface area contributed by atoms with Gasteiger partial charge in [-0.05, 0) is 11.1 Å². The van der Waals surface area contributed by atoms with E-state index in [0.29, 0.717) is 11.8 Å². The molecule has 0 amide bonds. The summed E-state index contributed by atoms with van der Waals surface area (Å²) in [5.74, 6) is 0.897. The third kappa shape index (κ3) is 4.22. The highest BCUT2D eigenvalue weighted by molar-refractivity contribution is 5.19. The highest BCUT2D eigenvalue weighted by Crippen LogP contribution is 2.18. The molecular formula is C18H22O. The maximum absolute atomic E-state index is 5.87. The molecule has 0 bridgehead atoms. The molecule has 0 saturated carbocycles. The summed E-state index contributed by atoms with van der Waals surface area (Å²) in [4.78, 5) is 0. The molecule has 1 heteroatoms. The van der Waals surface area contributed by atoms with E-state index in [2.05, 4.69) is 74.5 Å². The molecule has 2 aromatic rings. The molecular weight excluding hydrogens is 232 g/mol. The van der Waals surface area contributed by atoms with Crippen LogP contribution in [-0.2, 0) is 4.74 Å². The minimum absolute atomic E-state index is 0.448. The molecule has 0 radical (unpaired) electrons. The van der Waals surface area contributed by atoms with Crippen molar-refractivity contribution in [2.75, 3.05) is 13.2 Å². The number of benzene rings is 2. The molecule has 2 aromatic carbocycles. The molecule has 0 fully saturated rings. The first-order valence-corrected chi connectivity index (χ1v) is 6.95. The van der Waals surface area contributed by atoms with Crippen LogP contribution >= 0.6 is 0 Å². The fraction of sp³-hybridized carbons (Fsp3) is 0.333. The van der Waals surface area contributed by atoms with Gasteiger partial charge in [0.05, 0.1) is 13.2 Å². The summed E-state index contributed by atoms with van der Waals surface area (Å²) in [7, 11) is 0. The zero-order valence-electron chi connectivity index (χ0n) is 11.8. The summed E-state index contributed by atoms with van der Waals surface area (Å²) in [6, 6.07) is 21.1. The monoisotopic (exact) mass is 254 g/mol. The molecule has 1 nitrogen and oxygen atoms in total. The van der Waals surface area contributed by atoms with Crippen molar-refractivity contribution in [3.05, 3.63) is 71.8 Å². The van der Waals surface area contributed by atoms with Crippen molar-refractivity contribution in [1.82, 2.24) is 0 Å². The molecule has 0 spiro atoms. The third-order valence-corrected chi connectivity index (χ3v) is 3.47. The van der Waals surface area contributed by atoms with Crippen molar-refractivity contribution >= 4 is 0 Å². The van der Waals surface area contributed by atoms with Crippen molar-refractivity contribution in [2.45, 2.75) is 25.7 Å². The Balaban J connectivity index is 1.78. The predicted molar refractivity (Wildman–Crippen MR) is 80.5 cm³/mol. The van der Waals surface area contributed by atoms with E-state index in [-0.39, 0.29) is 0 Å². The fourth-order valence-corrected chi connectivity index (χ4v) is 2.18. The van der Waals surface area contributed by atoms with Gasteiger partial charge >= 0.3 is 0 Å². The van der Waals surface area contributed by atoms with Crippen molar-refractivity contribution in [3.8, 4) is 0 Å². The third-order valence-electron chi connectivity index (χ3n) is 3.47. The second-order valence-corrected chi connectivity index (χ2v) is 5.16. The summed E-state index contributed by atoms with van der Waals surface area (Å²) in [6.45, 7) is 5.98. The van der Waals surface area contributed by atoms with E-state index in [0.717, 1.165) is 13.2 Å². The van der Waals surface area contributed by atoms with Gasteiger partial charge in [-0.2, -0.15) is 0 Å². The normalized spacial score (nSPS) is 14.0. The van der Waals surface area contributed by atoms with Gasteiger partial charge in [0, 0.05) is 11.8 Å². The van der Waals surface area contributed by atoms with Crippen molar-refractivity contribution in [2.24, 2.45) is 0 Å². The molecule has 0 aliphatic carbocycles. The van der Waals surface area contributed by atoms with Crippen LogP contribution in [0.1, 0.15) is 36.8 Å². The largest absolute Gasteiger partial charge is 0.380 e. The lowest BCUT2D eigenvalue weighted by Gasteiger charge is -2.16. The van der Waals surface area contributed by atoms with E-state index < -0.39 is 0 Å². The zero-order chi connectivity index (χ0) is 13.5. The highest BCUT2D eigenvalue weighted by atomic mass is 16.5. The van der Waals surface area contributed by atoms with Crippen molar-refractivity contribution < 1.29 is 4.74 Å². The molecule has 0 aliphatic heterocycles. The second kappa shape index (κ2) is 7.10. The number of hydrogen-bond acceptors (Lipinski definition) is 1. The average molecular weight is 254 g/mol. The Morgan fingerprint density at radius 2 is 1.05 bits per heavy atom. The first-order valence-electron chi connectivity index (χ1n) is 6.95. The van der Waals surface area contributed by atoms with Gasteiger partial charge in [0.2, 0.25) is 0 Å². The molecule has 0 heterocycles. The van der Waals surface area contributed by atoms with E-state index in [1.807, 2.05) is 0 Å². The molecule has 2 unspecified atom stereocenters. The van der Waals surface area contributed by atoms with E-state index in [1.165, 1.54) is 11.1 Å². The van der Waals surface area contributed by atoms with Gasteiger partial charge in [0.1, 0.15) is 0 Å². The van der Waals surface area contributed by atoms with Crippen LogP contribution in [0, 0.1) is 0 Å². The first-order chi connectivity index (χ1) is 9.27. The van der Waals surface area contributed by atoms with Gasteiger partial charge in [0.15, 0.2) is 0 Å². The van der Waals surface area contributed by atoms with Gasteiger partial charge in [-0.25, -0.2) is 0 Å². The number of hydrogen-bond donors (Lipinski definition) is 0. The average Bonchev–Trinajstić information content (AvgIpc) is 2.49. The Kier molecular flexibility index (Phi) is 5.17. The molecule has 0 N–H and O–H groups in total. The number of ether oxygens (including phenoxy) is 1. The topological polar surface area (TPSA) is 9.23 Å². The summed E-state index contributed by atoms with van der Waals surface area (Å²) in [5, 5.41) is 0. The molecule has 0 aromatic heterocycles. The Hall–Kier alpha value is -1.60. The van der Waals surface area contributed by atoms with Crippen LogP contribution in [0.25, 0.3) is 0 Å². The van der Waals surface area contributed by atoms with Crippen LogP contribution in [0.2, 0.25) is 0 Å². The molecule has 2 atom stereocenters. The molecule has 2 rings (SSSR count).